The molecule has 1 atom stereocenters. The maximum absolute atomic E-state index is 13.8. The van der Waals surface area contributed by atoms with Crippen molar-refractivity contribution in [3.05, 3.63) is 53.5 Å². The van der Waals surface area contributed by atoms with Crippen LogP contribution >= 0.6 is 0 Å². The molecule has 0 aromatic carbocycles. The first-order valence-corrected chi connectivity index (χ1v) is 10.1. The number of rotatable bonds is 2. The van der Waals surface area contributed by atoms with Crippen LogP contribution in [0.5, 0.6) is 0 Å². The van der Waals surface area contributed by atoms with Gasteiger partial charge in [0.1, 0.15) is 11.4 Å². The van der Waals surface area contributed by atoms with Gasteiger partial charge in [-0.25, -0.2) is 14.5 Å². The van der Waals surface area contributed by atoms with E-state index in [1.165, 1.54) is 18.6 Å². The molecule has 0 aliphatic carbocycles. The Morgan fingerprint density at radius 3 is 2.58 bits per heavy atom. The van der Waals surface area contributed by atoms with Crippen molar-refractivity contribution in [3.8, 4) is 0 Å². The summed E-state index contributed by atoms with van der Waals surface area (Å²) < 4.78 is 42.4. The Morgan fingerprint density at radius 1 is 1.16 bits per heavy atom. The standard InChI is InChI=1S/C21H23F3N6O/c1-20(2,3)16-10-18-27-14(9-17(21(22,23)24)30(18)28-16)13-5-4-8-29(12-13)19(31)15-11-25-6-7-26-15/h6-7,9-11,13H,4-5,8,12H2,1-3H3/t13-/m0/s1. The minimum atomic E-state index is -4.58. The van der Waals surface area contributed by atoms with E-state index in [0.717, 1.165) is 10.6 Å². The number of alkyl halides is 3. The first-order chi connectivity index (χ1) is 14.5. The summed E-state index contributed by atoms with van der Waals surface area (Å²) in [6.07, 6.45) is 1.03. The van der Waals surface area contributed by atoms with Crippen molar-refractivity contribution in [2.45, 2.75) is 51.1 Å². The van der Waals surface area contributed by atoms with E-state index in [0.29, 0.717) is 30.8 Å². The Morgan fingerprint density at radius 2 is 1.94 bits per heavy atom. The smallest absolute Gasteiger partial charge is 0.337 e. The van der Waals surface area contributed by atoms with Crippen molar-refractivity contribution in [1.29, 1.82) is 0 Å². The lowest BCUT2D eigenvalue weighted by molar-refractivity contribution is -0.142. The second-order valence-electron chi connectivity index (χ2n) is 8.79. The van der Waals surface area contributed by atoms with Gasteiger partial charge in [0.2, 0.25) is 0 Å². The van der Waals surface area contributed by atoms with Crippen LogP contribution in [0.25, 0.3) is 5.65 Å². The second-order valence-corrected chi connectivity index (χ2v) is 8.79. The molecule has 0 bridgehead atoms. The summed E-state index contributed by atoms with van der Waals surface area (Å²) in [6.45, 7) is 6.46. The van der Waals surface area contributed by atoms with Gasteiger partial charge in [0.15, 0.2) is 5.65 Å². The van der Waals surface area contributed by atoms with Crippen LogP contribution < -0.4 is 0 Å². The highest BCUT2D eigenvalue weighted by molar-refractivity contribution is 5.92. The number of nitrogens with zero attached hydrogens (tertiary/aromatic N) is 6. The van der Waals surface area contributed by atoms with Crippen molar-refractivity contribution < 1.29 is 18.0 Å². The summed E-state index contributed by atoms with van der Waals surface area (Å²) >= 11 is 0. The fourth-order valence-electron chi connectivity index (χ4n) is 3.75. The molecule has 1 aliphatic heterocycles. The number of hydrogen-bond acceptors (Lipinski definition) is 5. The van der Waals surface area contributed by atoms with Crippen molar-refractivity contribution in [2.75, 3.05) is 13.1 Å². The normalized spacial score (nSPS) is 17.9. The Balaban J connectivity index is 1.71. The Kier molecular flexibility index (Phi) is 5.18. The third-order valence-corrected chi connectivity index (χ3v) is 5.42. The van der Waals surface area contributed by atoms with E-state index in [-0.39, 0.29) is 29.7 Å². The molecule has 7 nitrogen and oxygen atoms in total. The van der Waals surface area contributed by atoms with Gasteiger partial charge in [-0.15, -0.1) is 0 Å². The quantitative estimate of drug-likeness (QED) is 0.615. The molecule has 31 heavy (non-hydrogen) atoms. The molecule has 10 heteroatoms. The summed E-state index contributed by atoms with van der Waals surface area (Å²) in [5, 5.41) is 4.17. The highest BCUT2D eigenvalue weighted by Gasteiger charge is 2.37. The molecule has 4 rings (SSSR count). The highest BCUT2D eigenvalue weighted by Crippen LogP contribution is 2.34. The van der Waals surface area contributed by atoms with Crippen LogP contribution in [-0.2, 0) is 11.6 Å². The third-order valence-electron chi connectivity index (χ3n) is 5.42. The molecule has 0 spiro atoms. The lowest BCUT2D eigenvalue weighted by Gasteiger charge is -2.32. The molecular formula is C21H23F3N6O. The maximum atomic E-state index is 13.8. The monoisotopic (exact) mass is 432 g/mol. The Labute approximate surface area is 177 Å². The largest absolute Gasteiger partial charge is 0.433 e. The number of aromatic nitrogens is 5. The zero-order valence-electron chi connectivity index (χ0n) is 17.5. The number of likely N-dealkylation sites (tertiary alicyclic amines) is 1. The summed E-state index contributed by atoms with van der Waals surface area (Å²) in [4.78, 5) is 26.8. The molecule has 0 radical (unpaired) electrons. The van der Waals surface area contributed by atoms with E-state index < -0.39 is 17.3 Å². The first-order valence-electron chi connectivity index (χ1n) is 10.1. The first kappa shape index (κ1) is 21.2. The van der Waals surface area contributed by atoms with Gasteiger partial charge in [0.25, 0.3) is 5.91 Å². The molecule has 0 saturated carbocycles. The summed E-state index contributed by atoms with van der Waals surface area (Å²) in [5.74, 6) is -0.595. The van der Waals surface area contributed by atoms with Crippen molar-refractivity contribution in [2.24, 2.45) is 0 Å². The van der Waals surface area contributed by atoms with Crippen LogP contribution in [0.1, 0.15) is 67.1 Å². The van der Waals surface area contributed by atoms with Gasteiger partial charge in [0, 0.05) is 48.6 Å². The minimum absolute atomic E-state index is 0.159. The van der Waals surface area contributed by atoms with Gasteiger partial charge in [0.05, 0.1) is 11.9 Å². The number of carbonyl (C=O) groups excluding carboxylic acids is 1. The number of hydrogen-bond donors (Lipinski definition) is 0. The Hall–Kier alpha value is -3.04. The molecule has 3 aromatic heterocycles. The molecule has 1 fully saturated rings. The van der Waals surface area contributed by atoms with E-state index >= 15 is 0 Å². The number of halogens is 3. The second kappa shape index (κ2) is 7.58. The van der Waals surface area contributed by atoms with Crippen molar-refractivity contribution in [1.82, 2.24) is 29.5 Å². The van der Waals surface area contributed by atoms with Gasteiger partial charge >= 0.3 is 6.18 Å². The van der Waals surface area contributed by atoms with E-state index in [9.17, 15) is 18.0 Å². The molecule has 164 valence electrons. The lowest BCUT2D eigenvalue weighted by atomic mass is 9.92. The molecule has 0 N–H and O–H groups in total. The number of carbonyl (C=O) groups is 1. The van der Waals surface area contributed by atoms with E-state index in [1.54, 1.807) is 11.0 Å². The van der Waals surface area contributed by atoms with Crippen LogP contribution in [0, 0.1) is 0 Å². The third kappa shape index (κ3) is 4.24. The van der Waals surface area contributed by atoms with Crippen LogP contribution in [0.4, 0.5) is 13.2 Å². The zero-order chi connectivity index (χ0) is 22.4. The van der Waals surface area contributed by atoms with Crippen molar-refractivity contribution >= 4 is 11.6 Å². The average molecular weight is 432 g/mol. The molecule has 0 unspecified atom stereocenters. The highest BCUT2D eigenvalue weighted by atomic mass is 19.4. The fourth-order valence-corrected chi connectivity index (χ4v) is 3.75. The average Bonchev–Trinajstić information content (AvgIpc) is 3.17. The van der Waals surface area contributed by atoms with Crippen LogP contribution in [-0.4, -0.2) is 48.5 Å². The minimum Gasteiger partial charge on any atom is -0.337 e. The predicted molar refractivity (Wildman–Crippen MR) is 107 cm³/mol. The Bertz CT molecular complexity index is 1100. The van der Waals surface area contributed by atoms with Crippen LogP contribution in [0.3, 0.4) is 0 Å². The predicted octanol–water partition coefficient (Wildman–Crippen LogP) is 3.86. The fraction of sp³-hybridized carbons (Fsp3) is 0.476. The van der Waals surface area contributed by atoms with E-state index in [1.807, 2.05) is 20.8 Å². The molecular weight excluding hydrogens is 409 g/mol. The number of amides is 1. The number of fused-ring (bicyclic) bond motifs is 1. The summed E-state index contributed by atoms with van der Waals surface area (Å²) in [6, 6.07) is 2.66. The van der Waals surface area contributed by atoms with Gasteiger partial charge in [-0.3, -0.25) is 9.78 Å². The molecule has 1 amide bonds. The van der Waals surface area contributed by atoms with E-state index in [2.05, 4.69) is 20.1 Å². The molecule has 1 aliphatic rings. The van der Waals surface area contributed by atoms with E-state index in [4.69, 9.17) is 0 Å². The van der Waals surface area contributed by atoms with Gasteiger partial charge in [-0.05, 0) is 18.9 Å². The number of piperidine rings is 1. The molecule has 1 saturated heterocycles. The maximum Gasteiger partial charge on any atom is 0.433 e. The summed E-state index contributed by atoms with van der Waals surface area (Å²) in [7, 11) is 0. The topological polar surface area (TPSA) is 76.3 Å². The summed E-state index contributed by atoms with van der Waals surface area (Å²) in [5.41, 5.74) is -0.0511. The molecule has 4 heterocycles. The van der Waals surface area contributed by atoms with Crippen LogP contribution in [0.15, 0.2) is 30.7 Å². The van der Waals surface area contributed by atoms with Gasteiger partial charge in [-0.2, -0.15) is 18.3 Å². The lowest BCUT2D eigenvalue weighted by Crippen LogP contribution is -2.39. The van der Waals surface area contributed by atoms with Gasteiger partial charge in [-0.1, -0.05) is 20.8 Å². The van der Waals surface area contributed by atoms with Crippen LogP contribution in [0.2, 0.25) is 0 Å². The SMILES string of the molecule is CC(C)(C)c1cc2nc([C@H]3CCCN(C(=O)c4cnccn4)C3)cc(C(F)(F)F)n2n1. The van der Waals surface area contributed by atoms with Gasteiger partial charge < -0.3 is 4.90 Å². The van der Waals surface area contributed by atoms with Crippen molar-refractivity contribution in [3.63, 3.8) is 0 Å². The molecule has 3 aromatic rings. The zero-order valence-corrected chi connectivity index (χ0v) is 17.5.